The lowest BCUT2D eigenvalue weighted by Gasteiger charge is -2.08. The average molecular weight is 298 g/mol. The second kappa shape index (κ2) is 7.26. The van der Waals surface area contributed by atoms with Gasteiger partial charge in [-0.25, -0.2) is 0 Å². The van der Waals surface area contributed by atoms with Gasteiger partial charge in [-0.05, 0) is 30.7 Å². The van der Waals surface area contributed by atoms with Crippen molar-refractivity contribution in [2.75, 3.05) is 6.54 Å². The molecule has 0 saturated heterocycles. The molecule has 22 heavy (non-hydrogen) atoms. The van der Waals surface area contributed by atoms with Crippen LogP contribution in [0.15, 0.2) is 48.5 Å². The monoisotopic (exact) mass is 298 g/mol. The molecule has 0 aliphatic rings. The lowest BCUT2D eigenvalue weighted by Crippen LogP contribution is -2.33. The summed E-state index contributed by atoms with van der Waals surface area (Å²) in [5.41, 5.74) is 7.65. The molecule has 114 valence electrons. The van der Waals surface area contributed by atoms with Gasteiger partial charge in [0, 0.05) is 5.56 Å². The van der Waals surface area contributed by atoms with Gasteiger partial charge >= 0.3 is 0 Å². The summed E-state index contributed by atoms with van der Waals surface area (Å²) in [6.45, 7) is 2.26. The molecule has 2 aromatic rings. The van der Waals surface area contributed by atoms with Crippen LogP contribution in [0.3, 0.4) is 0 Å². The molecular weight excluding hydrogens is 280 g/mol. The van der Waals surface area contributed by atoms with E-state index in [0.29, 0.717) is 17.9 Å². The van der Waals surface area contributed by atoms with E-state index in [0.717, 1.165) is 5.56 Å². The van der Waals surface area contributed by atoms with Crippen LogP contribution < -0.4 is 15.8 Å². The molecule has 0 bridgehead atoms. The Labute approximate surface area is 129 Å². The van der Waals surface area contributed by atoms with E-state index >= 15 is 0 Å². The summed E-state index contributed by atoms with van der Waals surface area (Å²) in [5, 5.41) is 2.44. The molecule has 0 spiro atoms. The molecule has 5 nitrogen and oxygen atoms in total. The lowest BCUT2D eigenvalue weighted by atomic mass is 10.1. The number of aryl methyl sites for hydroxylation is 1. The number of carbonyl (C=O) groups excluding carboxylic acids is 2. The number of hydrogen-bond donors (Lipinski definition) is 2. The van der Waals surface area contributed by atoms with Crippen molar-refractivity contribution >= 4 is 11.8 Å². The summed E-state index contributed by atoms with van der Waals surface area (Å²) < 4.78 is 5.68. The van der Waals surface area contributed by atoms with Crippen LogP contribution in [0.5, 0.6) is 5.75 Å². The minimum absolute atomic E-state index is 0.187. The van der Waals surface area contributed by atoms with Crippen LogP contribution in [-0.4, -0.2) is 18.4 Å². The maximum Gasteiger partial charge on any atom is 0.251 e. The van der Waals surface area contributed by atoms with Gasteiger partial charge in [0.05, 0.1) is 6.54 Å². The first kappa shape index (κ1) is 15.6. The van der Waals surface area contributed by atoms with E-state index in [9.17, 15) is 9.59 Å². The van der Waals surface area contributed by atoms with E-state index in [2.05, 4.69) is 5.32 Å². The Morgan fingerprint density at radius 1 is 1.14 bits per heavy atom. The maximum atomic E-state index is 11.8. The second-order valence-corrected chi connectivity index (χ2v) is 4.95. The van der Waals surface area contributed by atoms with E-state index in [4.69, 9.17) is 10.5 Å². The molecule has 3 N–H and O–H groups in total. The summed E-state index contributed by atoms with van der Waals surface area (Å²) in [5.74, 6) is -0.355. The number of amides is 2. The van der Waals surface area contributed by atoms with E-state index in [1.807, 2.05) is 31.2 Å². The number of rotatable bonds is 6. The molecule has 0 unspecified atom stereocenters. The van der Waals surface area contributed by atoms with Gasteiger partial charge in [-0.3, -0.25) is 9.59 Å². The molecule has 0 heterocycles. The van der Waals surface area contributed by atoms with Gasteiger partial charge in [0.25, 0.3) is 5.91 Å². The zero-order valence-corrected chi connectivity index (χ0v) is 12.3. The molecule has 0 aromatic heterocycles. The van der Waals surface area contributed by atoms with Crippen LogP contribution in [0.25, 0.3) is 0 Å². The minimum Gasteiger partial charge on any atom is -0.489 e. The van der Waals surface area contributed by atoms with Gasteiger partial charge in [0.1, 0.15) is 12.4 Å². The van der Waals surface area contributed by atoms with Crippen molar-refractivity contribution in [2.45, 2.75) is 13.5 Å². The van der Waals surface area contributed by atoms with Gasteiger partial charge in [-0.2, -0.15) is 0 Å². The third kappa shape index (κ3) is 4.63. The van der Waals surface area contributed by atoms with Crippen molar-refractivity contribution in [1.82, 2.24) is 5.32 Å². The van der Waals surface area contributed by atoms with Crippen molar-refractivity contribution in [3.05, 3.63) is 65.2 Å². The van der Waals surface area contributed by atoms with Crippen LogP contribution in [0.1, 0.15) is 21.5 Å². The summed E-state index contributed by atoms with van der Waals surface area (Å²) >= 11 is 0. The molecule has 0 radical (unpaired) electrons. The Balaban J connectivity index is 1.97. The molecule has 0 fully saturated rings. The number of carbonyl (C=O) groups is 2. The second-order valence-electron chi connectivity index (χ2n) is 4.95. The summed E-state index contributed by atoms with van der Waals surface area (Å²) in [6, 6.07) is 14.8. The van der Waals surface area contributed by atoms with Gasteiger partial charge in [-0.1, -0.05) is 35.9 Å². The molecule has 0 saturated carbocycles. The fraction of sp³-hybridized carbons (Fsp3) is 0.176. The predicted molar refractivity (Wildman–Crippen MR) is 83.5 cm³/mol. The number of hydrogen-bond acceptors (Lipinski definition) is 3. The SMILES string of the molecule is Cc1ccc(COc2cccc(C(=O)NCC(N)=O)c2)cc1. The average Bonchev–Trinajstić information content (AvgIpc) is 2.52. The van der Waals surface area contributed by atoms with Crippen molar-refractivity contribution < 1.29 is 14.3 Å². The first-order valence-corrected chi connectivity index (χ1v) is 6.89. The molecule has 0 atom stereocenters. The van der Waals surface area contributed by atoms with Crippen LogP contribution >= 0.6 is 0 Å². The molecule has 2 rings (SSSR count). The van der Waals surface area contributed by atoms with Crippen molar-refractivity contribution in [2.24, 2.45) is 5.73 Å². The van der Waals surface area contributed by atoms with E-state index < -0.39 is 5.91 Å². The van der Waals surface area contributed by atoms with E-state index in [1.165, 1.54) is 5.56 Å². The van der Waals surface area contributed by atoms with Gasteiger partial charge in [0.15, 0.2) is 0 Å². The molecule has 2 amide bonds. The van der Waals surface area contributed by atoms with Crippen LogP contribution in [0, 0.1) is 6.92 Å². The fourth-order valence-corrected chi connectivity index (χ4v) is 1.85. The molecule has 0 aliphatic carbocycles. The highest BCUT2D eigenvalue weighted by atomic mass is 16.5. The first-order chi connectivity index (χ1) is 10.5. The largest absolute Gasteiger partial charge is 0.489 e. The Morgan fingerprint density at radius 3 is 2.55 bits per heavy atom. The Bertz CT molecular complexity index is 666. The highest BCUT2D eigenvalue weighted by Gasteiger charge is 2.07. The number of primary amides is 1. The molecule has 0 aliphatic heterocycles. The molecule has 5 heteroatoms. The van der Waals surface area contributed by atoms with Gasteiger partial charge in [0.2, 0.25) is 5.91 Å². The van der Waals surface area contributed by atoms with Gasteiger partial charge in [-0.15, -0.1) is 0 Å². The third-order valence-corrected chi connectivity index (χ3v) is 3.05. The topological polar surface area (TPSA) is 81.4 Å². The molecule has 2 aromatic carbocycles. The number of nitrogens with two attached hydrogens (primary N) is 1. The Kier molecular flexibility index (Phi) is 5.14. The maximum absolute atomic E-state index is 11.8. The minimum atomic E-state index is -0.583. The summed E-state index contributed by atoms with van der Waals surface area (Å²) in [4.78, 5) is 22.5. The quantitative estimate of drug-likeness (QED) is 0.853. The van der Waals surface area contributed by atoms with E-state index in [-0.39, 0.29) is 12.5 Å². The first-order valence-electron chi connectivity index (χ1n) is 6.89. The molecular formula is C17H18N2O3. The number of ether oxygens (including phenoxy) is 1. The predicted octanol–water partition coefficient (Wildman–Crippen LogP) is 1.79. The van der Waals surface area contributed by atoms with Crippen LogP contribution in [0.2, 0.25) is 0 Å². The smallest absolute Gasteiger partial charge is 0.251 e. The fourth-order valence-electron chi connectivity index (χ4n) is 1.85. The van der Waals surface area contributed by atoms with Crippen LogP contribution in [0.4, 0.5) is 0 Å². The Morgan fingerprint density at radius 2 is 1.86 bits per heavy atom. The zero-order chi connectivity index (χ0) is 15.9. The summed E-state index contributed by atoms with van der Waals surface area (Å²) in [7, 11) is 0. The van der Waals surface area contributed by atoms with Crippen molar-refractivity contribution in [1.29, 1.82) is 0 Å². The van der Waals surface area contributed by atoms with Crippen molar-refractivity contribution in [3.8, 4) is 5.75 Å². The van der Waals surface area contributed by atoms with Crippen molar-refractivity contribution in [3.63, 3.8) is 0 Å². The van der Waals surface area contributed by atoms with E-state index in [1.54, 1.807) is 24.3 Å². The lowest BCUT2D eigenvalue weighted by molar-refractivity contribution is -0.117. The highest BCUT2D eigenvalue weighted by molar-refractivity contribution is 5.96. The Hall–Kier alpha value is -2.82. The number of benzene rings is 2. The highest BCUT2D eigenvalue weighted by Crippen LogP contribution is 2.15. The summed E-state index contributed by atoms with van der Waals surface area (Å²) in [6.07, 6.45) is 0. The standard InChI is InChI=1S/C17H18N2O3/c1-12-5-7-13(8-6-12)11-22-15-4-2-3-14(9-15)17(21)19-10-16(18)20/h2-9H,10-11H2,1H3,(H2,18,20)(H,19,21). The zero-order valence-electron chi connectivity index (χ0n) is 12.3. The third-order valence-electron chi connectivity index (χ3n) is 3.05. The van der Waals surface area contributed by atoms with Gasteiger partial charge < -0.3 is 15.8 Å². The van der Waals surface area contributed by atoms with Crippen LogP contribution in [-0.2, 0) is 11.4 Å². The normalized spacial score (nSPS) is 10.0. The number of nitrogens with one attached hydrogen (secondary N) is 1.